The Hall–Kier alpha value is -4.41. The molecule has 2 aromatic carbocycles. The molecule has 3 heterocycles. The first-order valence-corrected chi connectivity index (χ1v) is 13.2. The number of fused-ring (bicyclic) bond motifs is 1. The number of esters is 1. The van der Waals surface area contributed by atoms with E-state index in [0.29, 0.717) is 34.8 Å². The molecule has 39 heavy (non-hydrogen) atoms. The molecular formula is C29H27N5O4S. The summed E-state index contributed by atoms with van der Waals surface area (Å²) < 4.78 is 6.67. The van der Waals surface area contributed by atoms with Gasteiger partial charge < -0.3 is 15.2 Å². The summed E-state index contributed by atoms with van der Waals surface area (Å²) in [5, 5.41) is 21.0. The number of ether oxygens (including phenoxy) is 1. The molecule has 10 heteroatoms. The van der Waals surface area contributed by atoms with Crippen LogP contribution in [0.25, 0.3) is 32.6 Å². The second kappa shape index (κ2) is 10.8. The molecule has 0 saturated carbocycles. The summed E-state index contributed by atoms with van der Waals surface area (Å²) in [5.74, 6) is -0.814. The van der Waals surface area contributed by atoms with E-state index in [4.69, 9.17) is 4.74 Å². The molecule has 0 bridgehead atoms. The van der Waals surface area contributed by atoms with E-state index in [0.717, 1.165) is 22.0 Å². The highest BCUT2D eigenvalue weighted by molar-refractivity contribution is 7.13. The largest absolute Gasteiger partial charge is 0.465 e. The van der Waals surface area contributed by atoms with Gasteiger partial charge in [0.15, 0.2) is 0 Å². The van der Waals surface area contributed by atoms with E-state index in [1.165, 1.54) is 18.4 Å². The summed E-state index contributed by atoms with van der Waals surface area (Å²) in [5.41, 5.74) is 3.37. The normalized spacial score (nSPS) is 11.5. The second-order valence-electron chi connectivity index (χ2n) is 9.72. The van der Waals surface area contributed by atoms with Crippen molar-refractivity contribution in [3.8, 4) is 21.7 Å². The van der Waals surface area contributed by atoms with Crippen molar-refractivity contribution in [2.75, 3.05) is 12.4 Å². The van der Waals surface area contributed by atoms with Crippen LogP contribution in [-0.2, 0) is 11.3 Å². The number of aryl methyl sites for hydroxylation is 1. The van der Waals surface area contributed by atoms with Gasteiger partial charge in [0.2, 0.25) is 0 Å². The van der Waals surface area contributed by atoms with Crippen LogP contribution in [0.2, 0.25) is 0 Å². The van der Waals surface area contributed by atoms with Gasteiger partial charge in [-0.2, -0.15) is 5.10 Å². The van der Waals surface area contributed by atoms with Gasteiger partial charge >= 0.3 is 5.97 Å². The number of carbonyl (C=O) groups is 2. The van der Waals surface area contributed by atoms with Gasteiger partial charge in [-0.25, -0.2) is 9.78 Å². The van der Waals surface area contributed by atoms with E-state index in [-0.39, 0.29) is 11.6 Å². The average molecular weight is 542 g/mol. The van der Waals surface area contributed by atoms with Gasteiger partial charge in [-0.15, -0.1) is 11.3 Å². The maximum absolute atomic E-state index is 13.3. The van der Waals surface area contributed by atoms with Crippen LogP contribution in [0.1, 0.15) is 41.1 Å². The van der Waals surface area contributed by atoms with Crippen LogP contribution in [0.3, 0.4) is 0 Å². The predicted octanol–water partition coefficient (Wildman–Crippen LogP) is 5.42. The van der Waals surface area contributed by atoms with Gasteiger partial charge in [0.05, 0.1) is 23.8 Å². The molecule has 1 amide bonds. The Morgan fingerprint density at radius 3 is 2.69 bits per heavy atom. The maximum atomic E-state index is 13.3. The highest BCUT2D eigenvalue weighted by atomic mass is 32.1. The summed E-state index contributed by atoms with van der Waals surface area (Å²) in [6, 6.07) is 14.5. The number of nitrogens with zero attached hydrogens (tertiary/aromatic N) is 4. The van der Waals surface area contributed by atoms with E-state index in [2.05, 4.69) is 20.4 Å². The number of aliphatic hydroxyl groups is 1. The third-order valence-corrected chi connectivity index (χ3v) is 7.02. The first-order valence-electron chi connectivity index (χ1n) is 12.3. The van der Waals surface area contributed by atoms with Crippen LogP contribution < -0.4 is 5.32 Å². The van der Waals surface area contributed by atoms with Crippen LogP contribution in [0, 0.1) is 0 Å². The molecule has 0 radical (unpaired) electrons. The van der Waals surface area contributed by atoms with Gasteiger partial charge in [0.1, 0.15) is 10.7 Å². The Kier molecular flexibility index (Phi) is 7.23. The molecule has 0 atom stereocenters. The molecule has 0 fully saturated rings. The van der Waals surface area contributed by atoms with Crippen molar-refractivity contribution in [2.45, 2.75) is 32.4 Å². The smallest absolute Gasteiger partial charge is 0.337 e. The van der Waals surface area contributed by atoms with E-state index in [1.54, 1.807) is 54.5 Å². The first-order chi connectivity index (χ1) is 18.7. The number of rotatable bonds is 8. The van der Waals surface area contributed by atoms with E-state index >= 15 is 0 Å². The number of aromatic nitrogens is 4. The standard InChI is InChI=1S/C29H27N5O4S/c1-29(2,37)9-11-34-16-21-13-24(31-26(35)25-17-39-27(32-25)20-8-5-10-30-15-20)22(14-23(21)33-34)18-6-4-7-19(12-18)28(36)38-3/h4-8,10,12-17,37H,9,11H2,1-3H3,(H,31,35). The second-order valence-corrected chi connectivity index (χ2v) is 10.6. The van der Waals surface area contributed by atoms with E-state index in [9.17, 15) is 14.7 Å². The third-order valence-electron chi connectivity index (χ3n) is 6.13. The van der Waals surface area contributed by atoms with Crippen molar-refractivity contribution in [3.63, 3.8) is 0 Å². The number of anilines is 1. The van der Waals surface area contributed by atoms with Gasteiger partial charge in [-0.3, -0.25) is 14.5 Å². The van der Waals surface area contributed by atoms with Crippen molar-refractivity contribution >= 4 is 39.8 Å². The molecule has 0 unspecified atom stereocenters. The topological polar surface area (TPSA) is 119 Å². The van der Waals surface area contributed by atoms with Crippen molar-refractivity contribution in [3.05, 3.63) is 83.8 Å². The van der Waals surface area contributed by atoms with E-state index < -0.39 is 11.6 Å². The highest BCUT2D eigenvalue weighted by Crippen LogP contribution is 2.34. The molecule has 198 valence electrons. The molecule has 0 aliphatic rings. The zero-order valence-electron chi connectivity index (χ0n) is 21.7. The molecule has 0 saturated heterocycles. The van der Waals surface area contributed by atoms with Crippen molar-refractivity contribution in [1.82, 2.24) is 19.7 Å². The number of carbonyl (C=O) groups excluding carboxylic acids is 2. The van der Waals surface area contributed by atoms with Crippen LogP contribution in [0.5, 0.6) is 0 Å². The fourth-order valence-corrected chi connectivity index (χ4v) is 4.88. The van der Waals surface area contributed by atoms with Crippen molar-refractivity contribution in [1.29, 1.82) is 0 Å². The molecule has 5 rings (SSSR count). The number of thiazole rings is 1. The Morgan fingerprint density at radius 1 is 1.13 bits per heavy atom. The maximum Gasteiger partial charge on any atom is 0.337 e. The molecular weight excluding hydrogens is 514 g/mol. The third kappa shape index (κ3) is 6.02. The van der Waals surface area contributed by atoms with Gasteiger partial charge in [0.25, 0.3) is 5.91 Å². The lowest BCUT2D eigenvalue weighted by Gasteiger charge is -2.16. The molecule has 2 N–H and O–H groups in total. The van der Waals surface area contributed by atoms with Gasteiger partial charge in [-0.05, 0) is 62.2 Å². The van der Waals surface area contributed by atoms with Crippen molar-refractivity contribution in [2.24, 2.45) is 0 Å². The Balaban J connectivity index is 1.52. The molecule has 9 nitrogen and oxygen atoms in total. The molecule has 0 aliphatic carbocycles. The highest BCUT2D eigenvalue weighted by Gasteiger charge is 2.18. The fraction of sp³-hybridized carbons (Fsp3) is 0.207. The van der Waals surface area contributed by atoms with Crippen LogP contribution >= 0.6 is 11.3 Å². The molecule has 0 spiro atoms. The Morgan fingerprint density at radius 2 is 1.95 bits per heavy atom. The fourth-order valence-electron chi connectivity index (χ4n) is 4.09. The lowest BCUT2D eigenvalue weighted by Crippen LogP contribution is -2.21. The quantitative estimate of drug-likeness (QED) is 0.252. The Bertz CT molecular complexity index is 1650. The summed E-state index contributed by atoms with van der Waals surface area (Å²) in [4.78, 5) is 34.1. The number of amides is 1. The summed E-state index contributed by atoms with van der Waals surface area (Å²) >= 11 is 1.37. The summed E-state index contributed by atoms with van der Waals surface area (Å²) in [7, 11) is 1.33. The predicted molar refractivity (Wildman–Crippen MR) is 151 cm³/mol. The Labute approximate surface area is 229 Å². The SMILES string of the molecule is COC(=O)c1cccc(-c2cc3nn(CCC(C)(C)O)cc3cc2NC(=O)c2csc(-c3cccnc3)n2)c1. The van der Waals surface area contributed by atoms with Crippen LogP contribution in [0.4, 0.5) is 5.69 Å². The summed E-state index contributed by atoms with van der Waals surface area (Å²) in [6.07, 6.45) is 5.80. The minimum absolute atomic E-state index is 0.286. The van der Waals surface area contributed by atoms with Gasteiger partial charge in [0, 0.05) is 52.7 Å². The number of methoxy groups -OCH3 is 1. The van der Waals surface area contributed by atoms with Gasteiger partial charge in [-0.1, -0.05) is 12.1 Å². The monoisotopic (exact) mass is 541 g/mol. The minimum atomic E-state index is -0.820. The number of hydrogen-bond donors (Lipinski definition) is 2. The van der Waals surface area contributed by atoms with E-state index in [1.807, 2.05) is 36.5 Å². The number of hydrogen-bond acceptors (Lipinski definition) is 8. The molecule has 5 aromatic rings. The first kappa shape index (κ1) is 26.2. The summed E-state index contributed by atoms with van der Waals surface area (Å²) in [6.45, 7) is 4.05. The zero-order valence-corrected chi connectivity index (χ0v) is 22.5. The zero-order chi connectivity index (χ0) is 27.6. The number of benzene rings is 2. The average Bonchev–Trinajstić information content (AvgIpc) is 3.58. The number of pyridine rings is 1. The van der Waals surface area contributed by atoms with Crippen molar-refractivity contribution < 1.29 is 19.4 Å². The minimum Gasteiger partial charge on any atom is -0.465 e. The van der Waals surface area contributed by atoms with Crippen LogP contribution in [0.15, 0.2) is 72.5 Å². The molecule has 3 aromatic heterocycles. The number of nitrogens with one attached hydrogen (secondary N) is 1. The molecule has 0 aliphatic heterocycles. The lowest BCUT2D eigenvalue weighted by molar-refractivity contribution is 0.0599. The lowest BCUT2D eigenvalue weighted by atomic mass is 9.99. The van der Waals surface area contributed by atoms with Crippen LogP contribution in [-0.4, -0.2) is 49.4 Å².